The molecule has 1 aliphatic carbocycles. The Morgan fingerprint density at radius 2 is 2.00 bits per heavy atom. The summed E-state index contributed by atoms with van der Waals surface area (Å²) in [6.45, 7) is 7.30. The monoisotopic (exact) mass is 213 g/mol. The van der Waals surface area contributed by atoms with Crippen molar-refractivity contribution in [3.8, 4) is 0 Å². The summed E-state index contributed by atoms with van der Waals surface area (Å²) in [5, 5.41) is 3.03. The van der Waals surface area contributed by atoms with E-state index in [1.807, 2.05) is 6.92 Å². The second kappa shape index (κ2) is 5.50. The van der Waals surface area contributed by atoms with E-state index in [9.17, 15) is 4.79 Å². The second-order valence-electron chi connectivity index (χ2n) is 5.14. The minimum absolute atomic E-state index is 0.0292. The van der Waals surface area contributed by atoms with Gasteiger partial charge in [0.25, 0.3) is 0 Å². The Balaban J connectivity index is 2.21. The van der Waals surface area contributed by atoms with Gasteiger partial charge < -0.3 is 10.1 Å². The predicted molar refractivity (Wildman–Crippen MR) is 60.7 cm³/mol. The summed E-state index contributed by atoms with van der Waals surface area (Å²) in [5.74, 6) is 0.0292. The average molecular weight is 213 g/mol. The van der Waals surface area contributed by atoms with Gasteiger partial charge in [0, 0.05) is 12.6 Å². The van der Waals surface area contributed by atoms with Crippen LogP contribution < -0.4 is 5.32 Å². The van der Waals surface area contributed by atoms with Gasteiger partial charge in [0.15, 0.2) is 0 Å². The number of carbonyl (C=O) groups excluding carboxylic acids is 1. The fraction of sp³-hybridized carbons (Fsp3) is 0.917. The smallest absolute Gasteiger partial charge is 0.246 e. The van der Waals surface area contributed by atoms with Crippen LogP contribution in [0.4, 0.5) is 0 Å². The van der Waals surface area contributed by atoms with Gasteiger partial charge >= 0.3 is 0 Å². The van der Waals surface area contributed by atoms with Crippen LogP contribution in [0.3, 0.4) is 0 Å². The molecule has 1 rings (SSSR count). The van der Waals surface area contributed by atoms with Gasteiger partial charge in [-0.3, -0.25) is 4.79 Å². The van der Waals surface area contributed by atoms with Crippen LogP contribution in [0.1, 0.15) is 46.5 Å². The van der Waals surface area contributed by atoms with E-state index < -0.39 is 0 Å². The van der Waals surface area contributed by atoms with Crippen LogP contribution in [0, 0.1) is 5.41 Å². The Morgan fingerprint density at radius 1 is 1.40 bits per heavy atom. The second-order valence-corrected chi connectivity index (χ2v) is 5.14. The molecule has 0 aliphatic heterocycles. The van der Waals surface area contributed by atoms with E-state index in [4.69, 9.17) is 4.74 Å². The molecule has 3 heteroatoms. The molecule has 1 fully saturated rings. The van der Waals surface area contributed by atoms with Gasteiger partial charge in [0.2, 0.25) is 5.91 Å². The van der Waals surface area contributed by atoms with Crippen molar-refractivity contribution >= 4 is 5.91 Å². The zero-order valence-corrected chi connectivity index (χ0v) is 10.1. The number of nitrogens with one attached hydrogen (secondary N) is 1. The van der Waals surface area contributed by atoms with Crippen LogP contribution in [0.25, 0.3) is 0 Å². The number of hydrogen-bond acceptors (Lipinski definition) is 2. The van der Waals surface area contributed by atoms with Gasteiger partial charge in [-0.1, -0.05) is 13.8 Å². The van der Waals surface area contributed by atoms with Gasteiger partial charge in [-0.25, -0.2) is 0 Å². The molecule has 0 aromatic rings. The molecular formula is C12H23NO2. The van der Waals surface area contributed by atoms with Crippen molar-refractivity contribution in [3.63, 3.8) is 0 Å². The fourth-order valence-corrected chi connectivity index (χ4v) is 2.01. The van der Waals surface area contributed by atoms with Gasteiger partial charge in [0.05, 0.1) is 0 Å². The molecule has 0 heterocycles. The first kappa shape index (κ1) is 12.5. The number of rotatable bonds is 4. The molecule has 88 valence electrons. The lowest BCUT2D eigenvalue weighted by Crippen LogP contribution is -2.40. The Morgan fingerprint density at radius 3 is 2.53 bits per heavy atom. The molecule has 0 atom stereocenters. The van der Waals surface area contributed by atoms with Crippen LogP contribution in [0.2, 0.25) is 0 Å². The highest BCUT2D eigenvalue weighted by molar-refractivity contribution is 5.77. The Hall–Kier alpha value is -0.570. The highest BCUT2D eigenvalue weighted by atomic mass is 16.5. The molecule has 1 aliphatic rings. The third-order valence-electron chi connectivity index (χ3n) is 3.14. The van der Waals surface area contributed by atoms with E-state index in [0.717, 1.165) is 12.8 Å². The van der Waals surface area contributed by atoms with Crippen LogP contribution >= 0.6 is 0 Å². The third-order valence-corrected chi connectivity index (χ3v) is 3.14. The first-order valence-corrected chi connectivity index (χ1v) is 5.90. The van der Waals surface area contributed by atoms with Gasteiger partial charge in [0.1, 0.15) is 6.61 Å². The average Bonchev–Trinajstić information content (AvgIpc) is 2.18. The largest absolute Gasteiger partial charge is 0.372 e. The van der Waals surface area contributed by atoms with Crippen molar-refractivity contribution in [2.45, 2.75) is 52.5 Å². The third kappa shape index (κ3) is 4.65. The summed E-state index contributed by atoms with van der Waals surface area (Å²) in [4.78, 5) is 11.4. The lowest BCUT2D eigenvalue weighted by molar-refractivity contribution is -0.126. The lowest BCUT2D eigenvalue weighted by Gasteiger charge is -2.34. The maximum Gasteiger partial charge on any atom is 0.246 e. The molecule has 3 nitrogen and oxygen atoms in total. The summed E-state index contributed by atoms with van der Waals surface area (Å²) < 4.78 is 5.07. The number of ether oxygens (including phenoxy) is 1. The lowest BCUT2D eigenvalue weighted by atomic mass is 9.75. The molecular weight excluding hydrogens is 190 g/mol. The number of carbonyl (C=O) groups is 1. The zero-order valence-electron chi connectivity index (χ0n) is 10.1. The highest BCUT2D eigenvalue weighted by Crippen LogP contribution is 2.34. The molecule has 1 saturated carbocycles. The minimum atomic E-state index is 0.0292. The summed E-state index contributed by atoms with van der Waals surface area (Å²) in [6.07, 6.45) is 4.61. The predicted octanol–water partition coefficient (Wildman–Crippen LogP) is 2.11. The van der Waals surface area contributed by atoms with E-state index >= 15 is 0 Å². The Labute approximate surface area is 92.6 Å². The van der Waals surface area contributed by atoms with E-state index in [1.165, 1.54) is 12.8 Å². The molecule has 0 spiro atoms. The normalized spacial score (nSPS) is 21.3. The Kier molecular flexibility index (Phi) is 4.58. The molecule has 15 heavy (non-hydrogen) atoms. The van der Waals surface area contributed by atoms with Crippen molar-refractivity contribution in [3.05, 3.63) is 0 Å². The molecule has 1 N–H and O–H groups in total. The zero-order chi connectivity index (χ0) is 11.3. The van der Waals surface area contributed by atoms with E-state index in [1.54, 1.807) is 0 Å². The fourth-order valence-electron chi connectivity index (χ4n) is 2.01. The molecule has 0 bridgehead atoms. The standard InChI is InChI=1S/C12H23NO2/c1-4-15-9-11(14)13-10-5-7-12(2,3)8-6-10/h10H,4-9H2,1-3H3,(H,13,14). The van der Waals surface area contributed by atoms with E-state index in [0.29, 0.717) is 18.1 Å². The van der Waals surface area contributed by atoms with Crippen LogP contribution in [-0.4, -0.2) is 25.2 Å². The molecule has 0 aromatic carbocycles. The topological polar surface area (TPSA) is 38.3 Å². The SMILES string of the molecule is CCOCC(=O)NC1CCC(C)(C)CC1. The van der Waals surface area contributed by atoms with E-state index in [2.05, 4.69) is 19.2 Å². The maximum atomic E-state index is 11.4. The highest BCUT2D eigenvalue weighted by Gasteiger charge is 2.27. The van der Waals surface area contributed by atoms with Crippen LogP contribution in [-0.2, 0) is 9.53 Å². The van der Waals surface area contributed by atoms with Crippen molar-refractivity contribution in [1.29, 1.82) is 0 Å². The molecule has 1 amide bonds. The van der Waals surface area contributed by atoms with Crippen molar-refractivity contribution in [2.24, 2.45) is 5.41 Å². The summed E-state index contributed by atoms with van der Waals surface area (Å²) in [6, 6.07) is 0.367. The summed E-state index contributed by atoms with van der Waals surface area (Å²) in [7, 11) is 0. The van der Waals surface area contributed by atoms with Crippen molar-refractivity contribution in [1.82, 2.24) is 5.32 Å². The van der Waals surface area contributed by atoms with E-state index in [-0.39, 0.29) is 12.5 Å². The maximum absolute atomic E-state index is 11.4. The van der Waals surface area contributed by atoms with Crippen molar-refractivity contribution in [2.75, 3.05) is 13.2 Å². The quantitative estimate of drug-likeness (QED) is 0.776. The molecule has 0 radical (unpaired) electrons. The Bertz CT molecular complexity index is 204. The molecule has 0 aromatic heterocycles. The minimum Gasteiger partial charge on any atom is -0.372 e. The van der Waals surface area contributed by atoms with Gasteiger partial charge in [-0.15, -0.1) is 0 Å². The number of hydrogen-bond donors (Lipinski definition) is 1. The van der Waals surface area contributed by atoms with Gasteiger partial charge in [-0.2, -0.15) is 0 Å². The van der Waals surface area contributed by atoms with Crippen LogP contribution in [0.5, 0.6) is 0 Å². The van der Waals surface area contributed by atoms with Crippen molar-refractivity contribution < 1.29 is 9.53 Å². The number of amides is 1. The molecule has 0 unspecified atom stereocenters. The summed E-state index contributed by atoms with van der Waals surface area (Å²) >= 11 is 0. The van der Waals surface area contributed by atoms with Crippen LogP contribution in [0.15, 0.2) is 0 Å². The summed E-state index contributed by atoms with van der Waals surface area (Å²) in [5.41, 5.74) is 0.459. The first-order valence-electron chi connectivity index (χ1n) is 5.90. The van der Waals surface area contributed by atoms with Gasteiger partial charge in [-0.05, 0) is 38.0 Å². The molecule has 0 saturated heterocycles. The first-order chi connectivity index (χ1) is 7.03.